The number of carbonyl (C=O) groups excluding carboxylic acids is 1. The third-order valence-electron chi connectivity index (χ3n) is 5.42. The van der Waals surface area contributed by atoms with Gasteiger partial charge in [-0.1, -0.05) is 30.3 Å². The molecule has 1 aromatic carbocycles. The predicted octanol–water partition coefficient (Wildman–Crippen LogP) is 2.62. The van der Waals surface area contributed by atoms with Crippen LogP contribution in [0.4, 0.5) is 0 Å². The summed E-state index contributed by atoms with van der Waals surface area (Å²) in [5.41, 5.74) is 1.82. The molecule has 0 saturated carbocycles. The number of rotatable bonds is 6. The van der Waals surface area contributed by atoms with Crippen molar-refractivity contribution in [3.63, 3.8) is 0 Å². The Morgan fingerprint density at radius 2 is 1.84 bits per heavy atom. The molecule has 1 aromatic rings. The van der Waals surface area contributed by atoms with E-state index in [-0.39, 0.29) is 0 Å². The van der Waals surface area contributed by atoms with Gasteiger partial charge in [0.25, 0.3) is 0 Å². The van der Waals surface area contributed by atoms with Crippen molar-refractivity contribution in [2.24, 2.45) is 0 Å². The first-order valence-corrected chi connectivity index (χ1v) is 10.6. The minimum Gasteiger partial charge on any atom is -0.453 e. The molecular formula is C23H31NO7. The number of hydrogen-bond acceptors (Lipinski definition) is 8. The SMILES string of the molecule is C/C(=C\C(=O)O[C@H]1[C@H]2OC(C)(C)O[C@@H]2O[C@@H]1[C@H]1COC(C)(C)O1)NCc1ccccc1. The molecule has 31 heavy (non-hydrogen) atoms. The van der Waals surface area contributed by atoms with Crippen LogP contribution in [0.15, 0.2) is 42.1 Å². The van der Waals surface area contributed by atoms with E-state index in [1.165, 1.54) is 6.08 Å². The molecule has 8 heteroatoms. The fraction of sp³-hybridized carbons (Fsp3) is 0.609. The quantitative estimate of drug-likeness (QED) is 0.541. The number of allylic oxidation sites excluding steroid dienone is 1. The summed E-state index contributed by atoms with van der Waals surface area (Å²) in [6.45, 7) is 10.1. The van der Waals surface area contributed by atoms with Gasteiger partial charge in [0.05, 0.1) is 6.61 Å². The lowest BCUT2D eigenvalue weighted by Crippen LogP contribution is -2.45. The van der Waals surface area contributed by atoms with Crippen LogP contribution in [-0.4, -0.2) is 54.9 Å². The maximum Gasteiger partial charge on any atom is 0.332 e. The molecule has 170 valence electrons. The molecule has 5 atom stereocenters. The summed E-state index contributed by atoms with van der Waals surface area (Å²) in [5, 5.41) is 3.22. The van der Waals surface area contributed by atoms with Crippen molar-refractivity contribution in [3.05, 3.63) is 47.7 Å². The Morgan fingerprint density at radius 1 is 1.10 bits per heavy atom. The summed E-state index contributed by atoms with van der Waals surface area (Å²) in [5.74, 6) is -2.02. The predicted molar refractivity (Wildman–Crippen MR) is 111 cm³/mol. The molecule has 3 aliphatic rings. The Bertz CT molecular complexity index is 822. The summed E-state index contributed by atoms with van der Waals surface area (Å²) < 4.78 is 35.3. The van der Waals surface area contributed by atoms with E-state index in [9.17, 15) is 4.79 Å². The van der Waals surface area contributed by atoms with Crippen LogP contribution >= 0.6 is 0 Å². The van der Waals surface area contributed by atoms with Gasteiger partial charge >= 0.3 is 5.97 Å². The van der Waals surface area contributed by atoms with Crippen LogP contribution in [0.2, 0.25) is 0 Å². The van der Waals surface area contributed by atoms with Gasteiger partial charge < -0.3 is 33.7 Å². The third kappa shape index (κ3) is 5.27. The number of esters is 1. The van der Waals surface area contributed by atoms with Crippen LogP contribution in [-0.2, 0) is 39.8 Å². The Morgan fingerprint density at radius 3 is 2.52 bits per heavy atom. The largest absolute Gasteiger partial charge is 0.453 e. The van der Waals surface area contributed by atoms with E-state index in [0.29, 0.717) is 18.8 Å². The van der Waals surface area contributed by atoms with Crippen molar-refractivity contribution in [1.29, 1.82) is 0 Å². The van der Waals surface area contributed by atoms with Crippen LogP contribution in [0.1, 0.15) is 40.2 Å². The minimum absolute atomic E-state index is 0.335. The second kappa shape index (κ2) is 8.52. The van der Waals surface area contributed by atoms with Crippen molar-refractivity contribution in [1.82, 2.24) is 5.32 Å². The third-order valence-corrected chi connectivity index (χ3v) is 5.42. The molecule has 3 fully saturated rings. The molecule has 0 aromatic heterocycles. The second-order valence-corrected chi connectivity index (χ2v) is 9.00. The summed E-state index contributed by atoms with van der Waals surface area (Å²) in [6.07, 6.45) is -1.36. The summed E-state index contributed by atoms with van der Waals surface area (Å²) >= 11 is 0. The first-order valence-electron chi connectivity index (χ1n) is 10.6. The zero-order valence-electron chi connectivity index (χ0n) is 18.6. The zero-order chi connectivity index (χ0) is 22.2. The summed E-state index contributed by atoms with van der Waals surface area (Å²) in [4.78, 5) is 12.7. The highest BCUT2D eigenvalue weighted by atomic mass is 16.8. The molecule has 0 bridgehead atoms. The van der Waals surface area contributed by atoms with Crippen molar-refractivity contribution in [2.45, 2.75) is 83.4 Å². The van der Waals surface area contributed by atoms with E-state index in [4.69, 9.17) is 28.4 Å². The molecular weight excluding hydrogens is 402 g/mol. The Balaban J connectivity index is 1.42. The number of carbonyl (C=O) groups is 1. The van der Waals surface area contributed by atoms with Gasteiger partial charge in [0.15, 0.2) is 30.1 Å². The van der Waals surface area contributed by atoms with Gasteiger partial charge in [-0.15, -0.1) is 0 Å². The van der Waals surface area contributed by atoms with Gasteiger partial charge in [0, 0.05) is 18.3 Å². The summed E-state index contributed by atoms with van der Waals surface area (Å²) in [6, 6.07) is 9.95. The lowest BCUT2D eigenvalue weighted by Gasteiger charge is -2.28. The molecule has 0 spiro atoms. The van der Waals surface area contributed by atoms with Gasteiger partial charge in [-0.2, -0.15) is 0 Å². The van der Waals surface area contributed by atoms with Crippen LogP contribution in [0.3, 0.4) is 0 Å². The standard InChI is InChI=1S/C23H31NO7/c1-14(24-12-15-9-7-6-8-10-15)11-17(25)27-19-18(16-13-26-22(2,3)29-16)28-21-20(19)30-23(4,5)31-21/h6-11,16,18-21,24H,12-13H2,1-5H3/b14-11+/t16-,18-,19-,20-,21+/m1/s1. The van der Waals surface area contributed by atoms with Crippen molar-refractivity contribution < 1.29 is 33.2 Å². The first kappa shape index (κ1) is 22.2. The number of hydrogen-bond donors (Lipinski definition) is 1. The van der Waals surface area contributed by atoms with Crippen molar-refractivity contribution in [3.8, 4) is 0 Å². The molecule has 1 N–H and O–H groups in total. The van der Waals surface area contributed by atoms with Gasteiger partial charge in [0.2, 0.25) is 0 Å². The fourth-order valence-corrected chi connectivity index (χ4v) is 4.05. The number of benzene rings is 1. The second-order valence-electron chi connectivity index (χ2n) is 9.00. The molecule has 3 saturated heterocycles. The van der Waals surface area contributed by atoms with Gasteiger partial charge in [-0.3, -0.25) is 0 Å². The van der Waals surface area contributed by atoms with E-state index < -0.39 is 48.2 Å². The van der Waals surface area contributed by atoms with Crippen LogP contribution in [0.25, 0.3) is 0 Å². The van der Waals surface area contributed by atoms with Crippen molar-refractivity contribution >= 4 is 5.97 Å². The number of fused-ring (bicyclic) bond motifs is 1. The normalized spacial score (nSPS) is 33.8. The smallest absolute Gasteiger partial charge is 0.332 e. The molecule has 0 amide bonds. The molecule has 3 heterocycles. The van der Waals surface area contributed by atoms with Crippen molar-refractivity contribution in [2.75, 3.05) is 6.61 Å². The molecule has 0 aliphatic carbocycles. The van der Waals surface area contributed by atoms with E-state index in [0.717, 1.165) is 5.56 Å². The summed E-state index contributed by atoms with van der Waals surface area (Å²) in [7, 11) is 0. The van der Waals surface area contributed by atoms with Crippen LogP contribution in [0.5, 0.6) is 0 Å². The average Bonchev–Trinajstić information content (AvgIpc) is 3.31. The molecule has 0 radical (unpaired) electrons. The van der Waals surface area contributed by atoms with Crippen LogP contribution in [0, 0.1) is 0 Å². The first-order chi connectivity index (χ1) is 14.6. The lowest BCUT2D eigenvalue weighted by atomic mass is 10.1. The topological polar surface area (TPSA) is 84.5 Å². The van der Waals surface area contributed by atoms with E-state index in [1.54, 1.807) is 13.8 Å². The zero-order valence-corrected chi connectivity index (χ0v) is 18.6. The Labute approximate surface area is 182 Å². The van der Waals surface area contributed by atoms with Gasteiger partial charge in [-0.25, -0.2) is 4.79 Å². The van der Waals surface area contributed by atoms with E-state index in [1.807, 2.05) is 51.1 Å². The van der Waals surface area contributed by atoms with Crippen LogP contribution < -0.4 is 5.32 Å². The Kier molecular flexibility index (Phi) is 6.11. The molecule has 3 aliphatic heterocycles. The fourth-order valence-electron chi connectivity index (χ4n) is 4.05. The van der Waals surface area contributed by atoms with E-state index >= 15 is 0 Å². The molecule has 8 nitrogen and oxygen atoms in total. The Hall–Kier alpha value is -1.97. The maximum absolute atomic E-state index is 12.7. The highest BCUT2D eigenvalue weighted by Crippen LogP contribution is 2.42. The van der Waals surface area contributed by atoms with Gasteiger partial charge in [0.1, 0.15) is 12.2 Å². The lowest BCUT2D eigenvalue weighted by molar-refractivity contribution is -0.234. The number of nitrogens with one attached hydrogen (secondary N) is 1. The molecule has 4 rings (SSSR count). The molecule has 0 unspecified atom stereocenters. The maximum atomic E-state index is 12.7. The minimum atomic E-state index is -0.819. The highest BCUT2D eigenvalue weighted by Gasteiger charge is 2.59. The highest BCUT2D eigenvalue weighted by molar-refractivity contribution is 5.82. The monoisotopic (exact) mass is 433 g/mol. The average molecular weight is 434 g/mol. The number of ether oxygens (including phenoxy) is 6. The van der Waals surface area contributed by atoms with E-state index in [2.05, 4.69) is 5.32 Å². The van der Waals surface area contributed by atoms with Gasteiger partial charge in [-0.05, 0) is 40.2 Å².